The third-order valence-electron chi connectivity index (χ3n) is 4.15. The first kappa shape index (κ1) is 18.9. The first-order valence-electron chi connectivity index (χ1n) is 8.05. The standard InChI is InChI=1S/C15H26N4O4S/c1-4-24(21,22)8-7-18-9-13-5-6-16-19(13)14(10-18)11-23-12-15(20)17(2)3/h5-6,14H,4,7-12H2,1-3H3. The number of nitrogens with zero attached hydrogens (tertiary/aromatic N) is 4. The minimum atomic E-state index is -2.98. The summed E-state index contributed by atoms with van der Waals surface area (Å²) in [7, 11) is 0.393. The molecule has 1 aliphatic rings. The number of amides is 1. The van der Waals surface area contributed by atoms with Gasteiger partial charge in [-0.25, -0.2) is 8.42 Å². The van der Waals surface area contributed by atoms with E-state index in [9.17, 15) is 13.2 Å². The summed E-state index contributed by atoms with van der Waals surface area (Å²) in [6.45, 7) is 3.89. The maximum atomic E-state index is 11.7. The van der Waals surface area contributed by atoms with E-state index in [1.165, 1.54) is 4.90 Å². The number of hydrogen-bond donors (Lipinski definition) is 0. The highest BCUT2D eigenvalue weighted by molar-refractivity contribution is 7.91. The van der Waals surface area contributed by atoms with Crippen LogP contribution in [0.25, 0.3) is 0 Å². The Morgan fingerprint density at radius 2 is 2.21 bits per heavy atom. The molecule has 0 aliphatic carbocycles. The topological polar surface area (TPSA) is 84.7 Å². The van der Waals surface area contributed by atoms with E-state index < -0.39 is 9.84 Å². The van der Waals surface area contributed by atoms with Crippen LogP contribution in [-0.2, 0) is 25.9 Å². The molecule has 1 aromatic rings. The van der Waals surface area contributed by atoms with E-state index >= 15 is 0 Å². The van der Waals surface area contributed by atoms with Gasteiger partial charge < -0.3 is 9.64 Å². The zero-order valence-corrected chi connectivity index (χ0v) is 15.3. The van der Waals surface area contributed by atoms with E-state index in [4.69, 9.17) is 4.74 Å². The van der Waals surface area contributed by atoms with Gasteiger partial charge in [0.25, 0.3) is 0 Å². The number of ether oxygens (including phenoxy) is 1. The van der Waals surface area contributed by atoms with Gasteiger partial charge >= 0.3 is 0 Å². The van der Waals surface area contributed by atoms with Crippen LogP contribution in [0.15, 0.2) is 12.3 Å². The number of rotatable bonds is 8. The van der Waals surface area contributed by atoms with Crippen LogP contribution in [0.4, 0.5) is 0 Å². The second-order valence-electron chi connectivity index (χ2n) is 6.20. The van der Waals surface area contributed by atoms with E-state index in [1.54, 1.807) is 27.2 Å². The van der Waals surface area contributed by atoms with Gasteiger partial charge in [0.1, 0.15) is 6.61 Å². The molecule has 24 heavy (non-hydrogen) atoms. The van der Waals surface area contributed by atoms with Gasteiger partial charge in [-0.3, -0.25) is 14.4 Å². The van der Waals surface area contributed by atoms with Crippen LogP contribution in [-0.4, -0.2) is 85.8 Å². The molecule has 1 aromatic heterocycles. The average Bonchev–Trinajstić information content (AvgIpc) is 3.01. The van der Waals surface area contributed by atoms with Crippen LogP contribution in [0.5, 0.6) is 0 Å². The molecule has 1 aliphatic heterocycles. The Morgan fingerprint density at radius 3 is 2.88 bits per heavy atom. The lowest BCUT2D eigenvalue weighted by Gasteiger charge is -2.33. The minimum Gasteiger partial charge on any atom is -0.369 e. The second-order valence-corrected chi connectivity index (χ2v) is 8.67. The van der Waals surface area contributed by atoms with Crippen LogP contribution in [0.2, 0.25) is 0 Å². The molecule has 2 rings (SSSR count). The van der Waals surface area contributed by atoms with Gasteiger partial charge in [-0.1, -0.05) is 6.92 Å². The predicted octanol–water partition coefficient (Wildman–Crippen LogP) is -0.221. The number of sulfone groups is 1. The van der Waals surface area contributed by atoms with Gasteiger partial charge in [-0.2, -0.15) is 5.10 Å². The molecule has 0 fully saturated rings. The van der Waals surface area contributed by atoms with E-state index in [2.05, 4.69) is 10.00 Å². The maximum absolute atomic E-state index is 11.7. The largest absolute Gasteiger partial charge is 0.369 e. The Bertz CT molecular complexity index is 656. The second kappa shape index (κ2) is 8.09. The number of aromatic nitrogens is 2. The van der Waals surface area contributed by atoms with E-state index in [0.29, 0.717) is 26.2 Å². The third-order valence-corrected chi connectivity index (χ3v) is 5.83. The van der Waals surface area contributed by atoms with Crippen molar-refractivity contribution < 1.29 is 17.9 Å². The molecule has 0 radical (unpaired) electrons. The summed E-state index contributed by atoms with van der Waals surface area (Å²) >= 11 is 0. The highest BCUT2D eigenvalue weighted by Crippen LogP contribution is 2.20. The zero-order chi connectivity index (χ0) is 17.7. The third kappa shape index (κ3) is 5.02. The predicted molar refractivity (Wildman–Crippen MR) is 90.4 cm³/mol. The van der Waals surface area contributed by atoms with Crippen molar-refractivity contribution in [2.45, 2.75) is 19.5 Å². The van der Waals surface area contributed by atoms with Gasteiger partial charge in [0.2, 0.25) is 5.91 Å². The molecule has 136 valence electrons. The van der Waals surface area contributed by atoms with Crippen molar-refractivity contribution in [3.63, 3.8) is 0 Å². The monoisotopic (exact) mass is 358 g/mol. The average molecular weight is 358 g/mol. The van der Waals surface area contributed by atoms with E-state index in [-0.39, 0.29) is 30.1 Å². The van der Waals surface area contributed by atoms with Crippen molar-refractivity contribution >= 4 is 15.7 Å². The highest BCUT2D eigenvalue weighted by atomic mass is 32.2. The molecule has 0 aromatic carbocycles. The molecule has 9 heteroatoms. The van der Waals surface area contributed by atoms with Gasteiger partial charge in [-0.05, 0) is 6.07 Å². The van der Waals surface area contributed by atoms with Crippen molar-refractivity contribution in [2.75, 3.05) is 51.9 Å². The summed E-state index contributed by atoms with van der Waals surface area (Å²) in [6.07, 6.45) is 1.74. The minimum absolute atomic E-state index is 0.0250. The molecule has 8 nitrogen and oxygen atoms in total. The van der Waals surface area contributed by atoms with Crippen LogP contribution < -0.4 is 0 Å². The Morgan fingerprint density at radius 1 is 1.46 bits per heavy atom. The van der Waals surface area contributed by atoms with Crippen molar-refractivity contribution in [1.29, 1.82) is 0 Å². The molecular formula is C15H26N4O4S. The zero-order valence-electron chi connectivity index (χ0n) is 14.5. The lowest BCUT2D eigenvalue weighted by Crippen LogP contribution is -2.42. The fourth-order valence-corrected chi connectivity index (χ4v) is 3.41. The quantitative estimate of drug-likeness (QED) is 0.639. The van der Waals surface area contributed by atoms with Crippen molar-refractivity contribution in [1.82, 2.24) is 19.6 Å². The van der Waals surface area contributed by atoms with Gasteiger partial charge in [0.05, 0.1) is 24.1 Å². The summed E-state index contributed by atoms with van der Waals surface area (Å²) in [5, 5.41) is 4.33. The molecule has 0 spiro atoms. The Balaban J connectivity index is 1.94. The Kier molecular flexibility index (Phi) is 6.36. The van der Waals surface area contributed by atoms with E-state index in [1.807, 2.05) is 10.7 Å². The van der Waals surface area contributed by atoms with E-state index in [0.717, 1.165) is 5.69 Å². The van der Waals surface area contributed by atoms with Gasteiger partial charge in [0, 0.05) is 45.7 Å². The van der Waals surface area contributed by atoms with Crippen molar-refractivity contribution in [3.05, 3.63) is 18.0 Å². The first-order valence-corrected chi connectivity index (χ1v) is 9.87. The summed E-state index contributed by atoms with van der Waals surface area (Å²) in [5.41, 5.74) is 1.03. The van der Waals surface area contributed by atoms with Crippen molar-refractivity contribution in [3.8, 4) is 0 Å². The van der Waals surface area contributed by atoms with Gasteiger partial charge in [-0.15, -0.1) is 0 Å². The number of carbonyl (C=O) groups excluding carboxylic acids is 1. The molecule has 2 heterocycles. The maximum Gasteiger partial charge on any atom is 0.248 e. The summed E-state index contributed by atoms with van der Waals surface area (Å²) in [6, 6.07) is 1.90. The highest BCUT2D eigenvalue weighted by Gasteiger charge is 2.26. The first-order chi connectivity index (χ1) is 11.3. The van der Waals surface area contributed by atoms with Crippen LogP contribution in [0.3, 0.4) is 0 Å². The number of fused-ring (bicyclic) bond motifs is 1. The normalized spacial score (nSPS) is 18.4. The molecule has 1 amide bonds. The summed E-state index contributed by atoms with van der Waals surface area (Å²) < 4.78 is 30.9. The molecule has 0 saturated heterocycles. The molecule has 1 atom stereocenters. The molecule has 0 N–H and O–H groups in total. The number of hydrogen-bond acceptors (Lipinski definition) is 6. The summed E-state index contributed by atoms with van der Waals surface area (Å²) in [5.74, 6) is 0.236. The summed E-state index contributed by atoms with van der Waals surface area (Å²) in [4.78, 5) is 15.2. The lowest BCUT2D eigenvalue weighted by atomic mass is 10.2. The lowest BCUT2D eigenvalue weighted by molar-refractivity contribution is -0.134. The van der Waals surface area contributed by atoms with Crippen LogP contribution >= 0.6 is 0 Å². The smallest absolute Gasteiger partial charge is 0.248 e. The molecule has 0 saturated carbocycles. The van der Waals surface area contributed by atoms with Gasteiger partial charge in [0.15, 0.2) is 9.84 Å². The molecular weight excluding hydrogens is 332 g/mol. The molecule has 1 unspecified atom stereocenters. The molecule has 0 bridgehead atoms. The van der Waals surface area contributed by atoms with Crippen LogP contribution in [0, 0.1) is 0 Å². The Hall–Kier alpha value is -1.45. The fraction of sp³-hybridized carbons (Fsp3) is 0.733. The van der Waals surface area contributed by atoms with Crippen LogP contribution in [0.1, 0.15) is 18.7 Å². The number of likely N-dealkylation sites (N-methyl/N-ethyl adjacent to an activating group) is 1. The van der Waals surface area contributed by atoms with Crippen molar-refractivity contribution in [2.24, 2.45) is 0 Å². The number of carbonyl (C=O) groups is 1. The Labute approximate surface area is 143 Å². The fourth-order valence-electron chi connectivity index (χ4n) is 2.58. The SMILES string of the molecule is CCS(=O)(=O)CCN1Cc2ccnn2C(COCC(=O)N(C)C)C1.